The Labute approximate surface area is 166 Å². The Hall–Kier alpha value is -2.60. The van der Waals surface area contributed by atoms with Gasteiger partial charge in [0.15, 0.2) is 0 Å². The standard InChI is InChI=1S/C22H28FN3O2/c1-2-3-16-28-19-10-8-18(9-11-19)24-22(27)17-25-12-14-26(15-13-25)21-7-5-4-6-20(21)23/h4-11H,2-3,12-17H2,1H3,(H,24,27). The van der Waals surface area contributed by atoms with Crippen molar-refractivity contribution in [2.75, 3.05) is 49.5 Å². The molecule has 1 amide bonds. The molecule has 1 aliphatic heterocycles. The van der Waals surface area contributed by atoms with Gasteiger partial charge in [-0.05, 0) is 42.8 Å². The van der Waals surface area contributed by atoms with Gasteiger partial charge in [0.25, 0.3) is 0 Å². The van der Waals surface area contributed by atoms with E-state index in [2.05, 4.69) is 17.1 Å². The van der Waals surface area contributed by atoms with Crippen LogP contribution >= 0.6 is 0 Å². The van der Waals surface area contributed by atoms with E-state index >= 15 is 0 Å². The molecule has 0 aliphatic carbocycles. The number of benzene rings is 2. The van der Waals surface area contributed by atoms with Crippen LogP contribution in [0.15, 0.2) is 48.5 Å². The number of rotatable bonds is 8. The number of carbonyl (C=O) groups is 1. The minimum Gasteiger partial charge on any atom is -0.494 e. The van der Waals surface area contributed by atoms with Crippen molar-refractivity contribution in [1.82, 2.24) is 4.90 Å². The highest BCUT2D eigenvalue weighted by Crippen LogP contribution is 2.20. The minimum atomic E-state index is -0.198. The fourth-order valence-electron chi connectivity index (χ4n) is 3.23. The van der Waals surface area contributed by atoms with Crippen LogP contribution in [-0.4, -0.2) is 50.1 Å². The summed E-state index contributed by atoms with van der Waals surface area (Å²) in [7, 11) is 0. The lowest BCUT2D eigenvalue weighted by molar-refractivity contribution is -0.117. The van der Waals surface area contributed by atoms with E-state index in [-0.39, 0.29) is 11.7 Å². The largest absolute Gasteiger partial charge is 0.494 e. The predicted molar refractivity (Wildman–Crippen MR) is 111 cm³/mol. The quantitative estimate of drug-likeness (QED) is 0.703. The molecule has 1 fully saturated rings. The van der Waals surface area contributed by atoms with Crippen LogP contribution in [0.5, 0.6) is 5.75 Å². The summed E-state index contributed by atoms with van der Waals surface area (Å²) in [5.41, 5.74) is 1.39. The van der Waals surface area contributed by atoms with Crippen molar-refractivity contribution in [3.63, 3.8) is 0 Å². The number of nitrogens with zero attached hydrogens (tertiary/aromatic N) is 2. The maximum Gasteiger partial charge on any atom is 0.238 e. The molecule has 6 heteroatoms. The van der Waals surface area contributed by atoms with Gasteiger partial charge in [0.1, 0.15) is 11.6 Å². The molecule has 1 heterocycles. The van der Waals surface area contributed by atoms with Gasteiger partial charge in [-0.2, -0.15) is 0 Å². The third-order valence-electron chi connectivity index (χ3n) is 4.84. The van der Waals surface area contributed by atoms with Crippen molar-refractivity contribution in [3.8, 4) is 5.75 Å². The van der Waals surface area contributed by atoms with Crippen LogP contribution in [0.1, 0.15) is 19.8 Å². The molecule has 0 bridgehead atoms. The van der Waals surface area contributed by atoms with Crippen LogP contribution in [0.25, 0.3) is 0 Å². The molecule has 1 saturated heterocycles. The second kappa shape index (κ2) is 10.1. The summed E-state index contributed by atoms with van der Waals surface area (Å²) < 4.78 is 19.5. The average molecular weight is 385 g/mol. The van der Waals surface area contributed by atoms with Crippen LogP contribution in [-0.2, 0) is 4.79 Å². The van der Waals surface area contributed by atoms with Gasteiger partial charge in [-0.25, -0.2) is 4.39 Å². The van der Waals surface area contributed by atoms with E-state index in [0.29, 0.717) is 31.9 Å². The molecular weight excluding hydrogens is 357 g/mol. The van der Waals surface area contributed by atoms with Gasteiger partial charge in [0, 0.05) is 31.9 Å². The number of unbranched alkanes of at least 4 members (excludes halogenated alkanes) is 1. The van der Waals surface area contributed by atoms with E-state index in [9.17, 15) is 9.18 Å². The van der Waals surface area contributed by atoms with Gasteiger partial charge in [-0.1, -0.05) is 25.5 Å². The van der Waals surface area contributed by atoms with Crippen LogP contribution in [0.4, 0.5) is 15.8 Å². The number of ether oxygens (including phenoxy) is 1. The molecule has 0 spiro atoms. The monoisotopic (exact) mass is 385 g/mol. The highest BCUT2D eigenvalue weighted by molar-refractivity contribution is 5.92. The van der Waals surface area contributed by atoms with E-state index < -0.39 is 0 Å². The van der Waals surface area contributed by atoms with Gasteiger partial charge < -0.3 is 15.0 Å². The van der Waals surface area contributed by atoms with E-state index in [1.54, 1.807) is 12.1 Å². The molecule has 0 atom stereocenters. The number of piperazine rings is 1. The Kier molecular flexibility index (Phi) is 7.25. The van der Waals surface area contributed by atoms with Gasteiger partial charge in [-0.15, -0.1) is 0 Å². The van der Waals surface area contributed by atoms with E-state index in [1.165, 1.54) is 6.07 Å². The van der Waals surface area contributed by atoms with Crippen molar-refractivity contribution in [3.05, 3.63) is 54.3 Å². The summed E-state index contributed by atoms with van der Waals surface area (Å²) in [6.07, 6.45) is 2.13. The first-order valence-corrected chi connectivity index (χ1v) is 9.90. The molecule has 0 aromatic heterocycles. The zero-order valence-electron chi connectivity index (χ0n) is 16.4. The Bertz CT molecular complexity index is 759. The Balaban J connectivity index is 1.43. The highest BCUT2D eigenvalue weighted by Gasteiger charge is 2.20. The van der Waals surface area contributed by atoms with Crippen molar-refractivity contribution >= 4 is 17.3 Å². The zero-order chi connectivity index (χ0) is 19.8. The van der Waals surface area contributed by atoms with Crippen LogP contribution in [0.2, 0.25) is 0 Å². The molecule has 1 N–H and O–H groups in total. The first-order chi connectivity index (χ1) is 13.7. The van der Waals surface area contributed by atoms with E-state index in [4.69, 9.17) is 4.74 Å². The van der Waals surface area contributed by atoms with Crippen molar-refractivity contribution in [1.29, 1.82) is 0 Å². The molecule has 28 heavy (non-hydrogen) atoms. The number of para-hydroxylation sites is 1. The first-order valence-electron chi connectivity index (χ1n) is 9.90. The normalized spacial score (nSPS) is 14.7. The zero-order valence-corrected chi connectivity index (χ0v) is 16.4. The minimum absolute atomic E-state index is 0.0426. The molecule has 0 radical (unpaired) electrons. The lowest BCUT2D eigenvalue weighted by Crippen LogP contribution is -2.48. The summed E-state index contributed by atoms with van der Waals surface area (Å²) in [6.45, 7) is 6.04. The number of hydrogen-bond donors (Lipinski definition) is 1. The van der Waals surface area contributed by atoms with Crippen molar-refractivity contribution in [2.24, 2.45) is 0 Å². The molecule has 0 saturated carbocycles. The number of halogens is 1. The van der Waals surface area contributed by atoms with Gasteiger partial charge in [0.05, 0.1) is 18.8 Å². The van der Waals surface area contributed by atoms with Gasteiger partial charge in [0.2, 0.25) is 5.91 Å². The predicted octanol–water partition coefficient (Wildman–Crippen LogP) is 3.77. The summed E-state index contributed by atoms with van der Waals surface area (Å²) in [5.74, 6) is 0.575. The molecule has 2 aromatic rings. The van der Waals surface area contributed by atoms with Gasteiger partial charge >= 0.3 is 0 Å². The molecule has 2 aromatic carbocycles. The SMILES string of the molecule is CCCCOc1ccc(NC(=O)CN2CCN(c3ccccc3F)CC2)cc1. The molecule has 0 unspecified atom stereocenters. The molecule has 150 valence electrons. The summed E-state index contributed by atoms with van der Waals surface area (Å²) in [5, 5.41) is 2.93. The smallest absolute Gasteiger partial charge is 0.238 e. The highest BCUT2D eigenvalue weighted by atomic mass is 19.1. The summed E-state index contributed by atoms with van der Waals surface area (Å²) >= 11 is 0. The van der Waals surface area contributed by atoms with E-state index in [0.717, 1.165) is 37.4 Å². The number of anilines is 2. The van der Waals surface area contributed by atoms with Crippen LogP contribution < -0.4 is 15.0 Å². The fourth-order valence-corrected chi connectivity index (χ4v) is 3.23. The maximum absolute atomic E-state index is 13.9. The van der Waals surface area contributed by atoms with Crippen molar-refractivity contribution in [2.45, 2.75) is 19.8 Å². The second-order valence-electron chi connectivity index (χ2n) is 6.99. The first kappa shape index (κ1) is 20.1. The fraction of sp³-hybridized carbons (Fsp3) is 0.409. The Morgan fingerprint density at radius 2 is 1.79 bits per heavy atom. The third-order valence-corrected chi connectivity index (χ3v) is 4.84. The summed E-state index contributed by atoms with van der Waals surface area (Å²) in [4.78, 5) is 16.4. The van der Waals surface area contributed by atoms with Crippen LogP contribution in [0.3, 0.4) is 0 Å². The summed E-state index contributed by atoms with van der Waals surface area (Å²) in [6, 6.07) is 14.3. The lowest BCUT2D eigenvalue weighted by atomic mass is 10.2. The maximum atomic E-state index is 13.9. The lowest BCUT2D eigenvalue weighted by Gasteiger charge is -2.35. The number of amides is 1. The molecule has 5 nitrogen and oxygen atoms in total. The van der Waals surface area contributed by atoms with E-state index in [1.807, 2.05) is 35.2 Å². The topological polar surface area (TPSA) is 44.8 Å². The average Bonchev–Trinajstić information content (AvgIpc) is 2.71. The van der Waals surface area contributed by atoms with Crippen LogP contribution in [0, 0.1) is 5.82 Å². The number of nitrogens with one attached hydrogen (secondary N) is 1. The third kappa shape index (κ3) is 5.70. The molecule has 3 rings (SSSR count). The Morgan fingerprint density at radius 3 is 2.46 bits per heavy atom. The second-order valence-corrected chi connectivity index (χ2v) is 6.99. The van der Waals surface area contributed by atoms with Crippen molar-refractivity contribution < 1.29 is 13.9 Å². The molecule has 1 aliphatic rings. The molecular formula is C22H28FN3O2. The number of hydrogen-bond acceptors (Lipinski definition) is 4. The Morgan fingerprint density at radius 1 is 1.07 bits per heavy atom. The van der Waals surface area contributed by atoms with Gasteiger partial charge in [-0.3, -0.25) is 9.69 Å². The number of carbonyl (C=O) groups excluding carboxylic acids is 1.